The van der Waals surface area contributed by atoms with Crippen LogP contribution in [-0.2, 0) is 12.0 Å². The molecular weight excluding hydrogens is 254 g/mol. The Balaban J connectivity index is 1.91. The highest BCUT2D eigenvalue weighted by Gasteiger charge is 2.54. The summed E-state index contributed by atoms with van der Waals surface area (Å²) in [4.78, 5) is 2.34. The molecule has 108 valence electrons. The number of phenolic OH excluding ortho intramolecular Hbond substituents is 1. The van der Waals surface area contributed by atoms with Crippen LogP contribution in [0.3, 0.4) is 0 Å². The van der Waals surface area contributed by atoms with E-state index in [1.807, 2.05) is 6.07 Å². The molecule has 1 saturated carbocycles. The number of ether oxygens (including phenoxy) is 1. The lowest BCUT2D eigenvalue weighted by atomic mass is 9.65. The predicted octanol–water partition coefficient (Wildman–Crippen LogP) is 1.77. The summed E-state index contributed by atoms with van der Waals surface area (Å²) < 4.78 is 6.09. The number of hydrogen-bond donors (Lipinski definition) is 2. The normalized spacial score (nSPS) is 35.9. The third-order valence-corrected chi connectivity index (χ3v) is 5.39. The number of hydrogen-bond acceptors (Lipinski definition) is 4. The van der Waals surface area contributed by atoms with Crippen molar-refractivity contribution in [1.82, 2.24) is 4.90 Å². The second-order valence-electron chi connectivity index (χ2n) is 6.63. The molecule has 0 aromatic heterocycles. The zero-order valence-corrected chi connectivity index (χ0v) is 11.8. The minimum absolute atomic E-state index is 0.00655. The van der Waals surface area contributed by atoms with Crippen molar-refractivity contribution in [2.45, 2.75) is 49.9 Å². The van der Waals surface area contributed by atoms with Gasteiger partial charge in [-0.15, -0.1) is 0 Å². The summed E-state index contributed by atoms with van der Waals surface area (Å²) in [5.74, 6) is 0.925. The highest BCUT2D eigenvalue weighted by molar-refractivity contribution is 5.58. The van der Waals surface area contributed by atoms with E-state index in [0.717, 1.165) is 32.4 Å². The Hall–Kier alpha value is -1.26. The zero-order chi connectivity index (χ0) is 13.9. The van der Waals surface area contributed by atoms with Crippen LogP contribution in [0.5, 0.6) is 11.5 Å². The SMILES string of the molecule is CN1CC[C@@]23CC[C@@H](O)C[C@@H]2Oc2c(O)ccc(c23)C1. The molecule has 4 rings (SSSR count). The molecule has 2 N–H and O–H groups in total. The van der Waals surface area contributed by atoms with Crippen molar-refractivity contribution in [3.63, 3.8) is 0 Å². The van der Waals surface area contributed by atoms with Crippen molar-refractivity contribution in [3.8, 4) is 11.5 Å². The largest absolute Gasteiger partial charge is 0.504 e. The van der Waals surface area contributed by atoms with E-state index >= 15 is 0 Å². The summed E-state index contributed by atoms with van der Waals surface area (Å²) in [6.45, 7) is 1.94. The molecule has 0 bridgehead atoms. The van der Waals surface area contributed by atoms with Crippen LogP contribution in [0.25, 0.3) is 0 Å². The van der Waals surface area contributed by atoms with E-state index < -0.39 is 0 Å². The van der Waals surface area contributed by atoms with Gasteiger partial charge in [0, 0.05) is 23.9 Å². The molecule has 3 aliphatic rings. The summed E-state index contributed by atoms with van der Waals surface area (Å²) in [5, 5.41) is 20.1. The summed E-state index contributed by atoms with van der Waals surface area (Å²) in [6.07, 6.45) is 3.25. The Labute approximate surface area is 119 Å². The highest BCUT2D eigenvalue weighted by Crippen LogP contribution is 2.57. The van der Waals surface area contributed by atoms with E-state index in [4.69, 9.17) is 4.74 Å². The first-order chi connectivity index (χ1) is 9.60. The summed E-state index contributed by atoms with van der Waals surface area (Å²) in [6, 6.07) is 3.78. The zero-order valence-electron chi connectivity index (χ0n) is 11.8. The molecule has 1 spiro atoms. The van der Waals surface area contributed by atoms with Crippen LogP contribution in [0.1, 0.15) is 36.8 Å². The third kappa shape index (κ3) is 1.55. The molecule has 1 aliphatic carbocycles. The van der Waals surface area contributed by atoms with Gasteiger partial charge in [-0.2, -0.15) is 0 Å². The smallest absolute Gasteiger partial charge is 0.165 e. The van der Waals surface area contributed by atoms with Gasteiger partial charge in [0.25, 0.3) is 0 Å². The summed E-state index contributed by atoms with van der Waals surface area (Å²) >= 11 is 0. The number of nitrogens with zero attached hydrogens (tertiary/aromatic N) is 1. The van der Waals surface area contributed by atoms with E-state index in [9.17, 15) is 10.2 Å². The number of rotatable bonds is 0. The average molecular weight is 275 g/mol. The lowest BCUT2D eigenvalue weighted by Crippen LogP contribution is -2.45. The quantitative estimate of drug-likeness (QED) is 0.757. The van der Waals surface area contributed by atoms with E-state index in [0.29, 0.717) is 12.2 Å². The Morgan fingerprint density at radius 3 is 3.05 bits per heavy atom. The number of phenols is 1. The van der Waals surface area contributed by atoms with Crippen LogP contribution in [0.4, 0.5) is 0 Å². The molecule has 4 nitrogen and oxygen atoms in total. The number of aliphatic hydroxyl groups excluding tert-OH is 1. The minimum atomic E-state index is -0.272. The number of aromatic hydroxyl groups is 1. The van der Waals surface area contributed by atoms with E-state index in [1.165, 1.54) is 11.1 Å². The standard InChI is InChI=1S/C16H21NO3/c1-17-7-6-16-5-4-11(18)8-13(16)20-15-12(19)3-2-10(9-17)14(15)16/h2-3,11,13,18-19H,4-9H2,1H3/t11-,13+,16+/m1/s1. The van der Waals surface area contributed by atoms with Crippen molar-refractivity contribution in [1.29, 1.82) is 0 Å². The van der Waals surface area contributed by atoms with Gasteiger partial charge >= 0.3 is 0 Å². The van der Waals surface area contributed by atoms with Crippen LogP contribution in [0, 0.1) is 0 Å². The van der Waals surface area contributed by atoms with Gasteiger partial charge in [-0.05, 0) is 44.5 Å². The lowest BCUT2D eigenvalue weighted by molar-refractivity contribution is 0.0120. The average Bonchev–Trinajstić information content (AvgIpc) is 2.68. The van der Waals surface area contributed by atoms with Gasteiger partial charge in [0.1, 0.15) is 6.10 Å². The summed E-state index contributed by atoms with van der Waals surface area (Å²) in [5.41, 5.74) is 2.49. The van der Waals surface area contributed by atoms with Crippen molar-refractivity contribution in [2.75, 3.05) is 13.6 Å². The molecule has 2 aliphatic heterocycles. The van der Waals surface area contributed by atoms with Gasteiger partial charge in [-0.25, -0.2) is 0 Å². The molecule has 1 fully saturated rings. The Kier molecular flexibility index (Phi) is 2.57. The molecule has 20 heavy (non-hydrogen) atoms. The van der Waals surface area contributed by atoms with E-state index in [1.54, 1.807) is 6.07 Å². The van der Waals surface area contributed by atoms with Crippen LogP contribution >= 0.6 is 0 Å². The molecule has 4 heteroatoms. The van der Waals surface area contributed by atoms with E-state index in [-0.39, 0.29) is 23.4 Å². The highest BCUT2D eigenvalue weighted by atomic mass is 16.5. The fourth-order valence-electron chi connectivity index (χ4n) is 4.35. The maximum absolute atomic E-state index is 10.2. The second-order valence-corrected chi connectivity index (χ2v) is 6.63. The van der Waals surface area contributed by atoms with Crippen molar-refractivity contribution >= 4 is 0 Å². The fourth-order valence-corrected chi connectivity index (χ4v) is 4.35. The van der Waals surface area contributed by atoms with Crippen LogP contribution in [0.2, 0.25) is 0 Å². The topological polar surface area (TPSA) is 52.9 Å². The van der Waals surface area contributed by atoms with Gasteiger partial charge in [0.2, 0.25) is 0 Å². The first-order valence-corrected chi connectivity index (χ1v) is 7.49. The lowest BCUT2D eigenvalue weighted by Gasteiger charge is -2.40. The molecule has 0 amide bonds. The molecule has 2 heterocycles. The predicted molar refractivity (Wildman–Crippen MR) is 75.0 cm³/mol. The number of benzene rings is 1. The maximum Gasteiger partial charge on any atom is 0.165 e. The van der Waals surface area contributed by atoms with Crippen molar-refractivity contribution < 1.29 is 14.9 Å². The first kappa shape index (κ1) is 12.5. The van der Waals surface area contributed by atoms with Crippen molar-refractivity contribution in [2.24, 2.45) is 0 Å². The van der Waals surface area contributed by atoms with Gasteiger partial charge in [-0.3, -0.25) is 0 Å². The Morgan fingerprint density at radius 1 is 1.35 bits per heavy atom. The Bertz CT molecular complexity index is 559. The van der Waals surface area contributed by atoms with E-state index in [2.05, 4.69) is 11.9 Å². The van der Waals surface area contributed by atoms with Gasteiger partial charge in [0.15, 0.2) is 11.5 Å². The molecular formula is C16H21NO3. The molecule has 1 aromatic carbocycles. The third-order valence-electron chi connectivity index (χ3n) is 5.39. The fraction of sp³-hybridized carbons (Fsp3) is 0.625. The van der Waals surface area contributed by atoms with Gasteiger partial charge < -0.3 is 19.8 Å². The molecule has 0 unspecified atom stereocenters. The molecule has 1 aromatic rings. The van der Waals surface area contributed by atoms with Gasteiger partial charge in [-0.1, -0.05) is 6.07 Å². The minimum Gasteiger partial charge on any atom is -0.504 e. The molecule has 3 atom stereocenters. The summed E-state index contributed by atoms with van der Waals surface area (Å²) in [7, 11) is 2.14. The maximum atomic E-state index is 10.2. The van der Waals surface area contributed by atoms with Crippen LogP contribution in [0.15, 0.2) is 12.1 Å². The van der Waals surface area contributed by atoms with Crippen LogP contribution in [-0.4, -0.2) is 40.9 Å². The second kappa shape index (κ2) is 4.12. The van der Waals surface area contributed by atoms with Gasteiger partial charge in [0.05, 0.1) is 6.10 Å². The monoisotopic (exact) mass is 275 g/mol. The van der Waals surface area contributed by atoms with Crippen molar-refractivity contribution in [3.05, 3.63) is 23.3 Å². The molecule has 0 saturated heterocycles. The molecule has 0 radical (unpaired) electrons. The van der Waals surface area contributed by atoms with Crippen LogP contribution < -0.4 is 4.74 Å². The number of aliphatic hydroxyl groups is 1. The first-order valence-electron chi connectivity index (χ1n) is 7.49. The Morgan fingerprint density at radius 2 is 2.20 bits per heavy atom.